The molecule has 4 aromatic rings. The van der Waals surface area contributed by atoms with Crippen LogP contribution in [0.25, 0.3) is 0 Å². The molecule has 5 rings (SSSR count). The van der Waals surface area contributed by atoms with E-state index in [0.717, 1.165) is 24.0 Å². The quantitative estimate of drug-likeness (QED) is 0.105. The van der Waals surface area contributed by atoms with Gasteiger partial charge in [0.2, 0.25) is 5.88 Å². The van der Waals surface area contributed by atoms with Crippen molar-refractivity contribution in [1.82, 2.24) is 0 Å². The molecule has 0 spiro atoms. The molecule has 0 aromatic heterocycles. The lowest BCUT2D eigenvalue weighted by Crippen LogP contribution is -2.21. The first-order valence-electron chi connectivity index (χ1n) is 14.1. The zero-order chi connectivity index (χ0) is 31.1. The Morgan fingerprint density at radius 2 is 1.80 bits per heavy atom. The standard InChI is InChI=1S/C35H31ClN2O6/c1-3-4-16-41-26-7-5-6-24(17-26)35(39)43-27-13-14-28-31(19-27)44-34(38)29(20-37)33(28)23-10-15-30(32(18-23)40-2)42-21-22-8-11-25(36)12-9-22/h5-15,17-19,33H,3-4,16,21,38H2,1-2H3. The molecule has 1 aliphatic rings. The Labute approximate surface area is 261 Å². The largest absolute Gasteiger partial charge is 0.494 e. The number of rotatable bonds is 11. The number of hydrogen-bond acceptors (Lipinski definition) is 8. The first-order chi connectivity index (χ1) is 21.4. The van der Waals surface area contributed by atoms with Gasteiger partial charge in [-0.05, 0) is 66.1 Å². The summed E-state index contributed by atoms with van der Waals surface area (Å²) in [5.74, 6) is 1.14. The van der Waals surface area contributed by atoms with Crippen LogP contribution < -0.4 is 29.4 Å². The van der Waals surface area contributed by atoms with Crippen LogP contribution in [0.15, 0.2) is 96.4 Å². The number of fused-ring (bicyclic) bond motifs is 1. The van der Waals surface area contributed by atoms with Crippen molar-refractivity contribution in [1.29, 1.82) is 5.26 Å². The normalized spacial score (nSPS) is 13.7. The van der Waals surface area contributed by atoms with Gasteiger partial charge in [-0.2, -0.15) is 5.26 Å². The number of halogens is 1. The highest BCUT2D eigenvalue weighted by Gasteiger charge is 2.32. The molecule has 1 unspecified atom stereocenters. The van der Waals surface area contributed by atoms with Crippen LogP contribution in [0.5, 0.6) is 28.7 Å². The summed E-state index contributed by atoms with van der Waals surface area (Å²) in [5.41, 5.74) is 9.19. The molecule has 0 fully saturated rings. The predicted octanol–water partition coefficient (Wildman–Crippen LogP) is 7.54. The molecule has 0 aliphatic carbocycles. The van der Waals surface area contributed by atoms with Gasteiger partial charge in [0.05, 0.1) is 25.2 Å². The number of esters is 1. The van der Waals surface area contributed by atoms with Crippen LogP contribution in [0, 0.1) is 11.3 Å². The fraction of sp³-hybridized carbons (Fsp3) is 0.200. The highest BCUT2D eigenvalue weighted by atomic mass is 35.5. The summed E-state index contributed by atoms with van der Waals surface area (Å²) >= 11 is 5.99. The van der Waals surface area contributed by atoms with E-state index < -0.39 is 11.9 Å². The number of benzene rings is 4. The molecule has 0 amide bonds. The van der Waals surface area contributed by atoms with E-state index in [1.807, 2.05) is 24.3 Å². The number of hydrogen-bond donors (Lipinski definition) is 1. The Balaban J connectivity index is 1.38. The third-order valence-corrected chi connectivity index (χ3v) is 7.32. The molecule has 0 saturated carbocycles. The molecule has 2 N–H and O–H groups in total. The van der Waals surface area contributed by atoms with Crippen LogP contribution in [-0.2, 0) is 6.61 Å². The highest BCUT2D eigenvalue weighted by molar-refractivity contribution is 6.30. The monoisotopic (exact) mass is 610 g/mol. The summed E-state index contributed by atoms with van der Waals surface area (Å²) in [7, 11) is 1.55. The number of carbonyl (C=O) groups is 1. The number of methoxy groups -OCH3 is 1. The summed E-state index contributed by atoms with van der Waals surface area (Å²) in [4.78, 5) is 12.9. The molecular weight excluding hydrogens is 580 g/mol. The van der Waals surface area contributed by atoms with Gasteiger partial charge in [0.15, 0.2) is 11.5 Å². The molecule has 4 aromatic carbocycles. The maximum absolute atomic E-state index is 12.9. The van der Waals surface area contributed by atoms with E-state index >= 15 is 0 Å². The minimum atomic E-state index is -0.551. The van der Waals surface area contributed by atoms with Gasteiger partial charge in [0, 0.05) is 16.7 Å². The minimum Gasteiger partial charge on any atom is -0.494 e. The first kappa shape index (κ1) is 30.3. The van der Waals surface area contributed by atoms with E-state index in [2.05, 4.69) is 13.0 Å². The average Bonchev–Trinajstić information content (AvgIpc) is 3.04. The molecule has 9 heteroatoms. The van der Waals surface area contributed by atoms with Crippen molar-refractivity contribution < 1.29 is 28.5 Å². The second kappa shape index (κ2) is 13.9. The number of ether oxygens (including phenoxy) is 5. The van der Waals surface area contributed by atoms with Crippen molar-refractivity contribution in [3.8, 4) is 34.8 Å². The Morgan fingerprint density at radius 3 is 2.55 bits per heavy atom. The molecule has 0 radical (unpaired) electrons. The number of allylic oxidation sites excluding steroid dienone is 1. The lowest BCUT2D eigenvalue weighted by atomic mass is 9.83. The van der Waals surface area contributed by atoms with Gasteiger partial charge in [0.1, 0.15) is 35.5 Å². The molecule has 0 saturated heterocycles. The maximum atomic E-state index is 12.9. The lowest BCUT2D eigenvalue weighted by Gasteiger charge is -2.27. The van der Waals surface area contributed by atoms with Crippen molar-refractivity contribution >= 4 is 17.6 Å². The van der Waals surface area contributed by atoms with Crippen LogP contribution >= 0.6 is 11.6 Å². The van der Waals surface area contributed by atoms with Gasteiger partial charge in [-0.15, -0.1) is 0 Å². The summed E-state index contributed by atoms with van der Waals surface area (Å²) in [6.45, 7) is 2.98. The van der Waals surface area contributed by atoms with E-state index in [9.17, 15) is 10.1 Å². The van der Waals surface area contributed by atoms with Crippen LogP contribution in [-0.4, -0.2) is 19.7 Å². The summed E-state index contributed by atoms with van der Waals surface area (Å²) in [6.07, 6.45) is 1.93. The molecule has 44 heavy (non-hydrogen) atoms. The van der Waals surface area contributed by atoms with Crippen LogP contribution in [0.3, 0.4) is 0 Å². The Hall–Kier alpha value is -5.13. The number of carbonyl (C=O) groups excluding carboxylic acids is 1. The third-order valence-electron chi connectivity index (χ3n) is 7.07. The second-order valence-electron chi connectivity index (χ2n) is 10.1. The van der Waals surface area contributed by atoms with Crippen molar-refractivity contribution in [3.05, 3.63) is 124 Å². The topological polar surface area (TPSA) is 113 Å². The van der Waals surface area contributed by atoms with Crippen LogP contribution in [0.4, 0.5) is 0 Å². The number of nitriles is 1. The zero-order valence-corrected chi connectivity index (χ0v) is 25.1. The van der Waals surface area contributed by atoms with Crippen molar-refractivity contribution in [2.45, 2.75) is 32.3 Å². The van der Waals surface area contributed by atoms with Gasteiger partial charge >= 0.3 is 5.97 Å². The Bertz CT molecular complexity index is 1730. The number of unbranched alkanes of at least 4 members (excludes halogenated alkanes) is 1. The molecular formula is C35H31ClN2O6. The average molecular weight is 611 g/mol. The predicted molar refractivity (Wildman–Crippen MR) is 166 cm³/mol. The van der Waals surface area contributed by atoms with Crippen molar-refractivity contribution in [2.24, 2.45) is 5.73 Å². The molecule has 0 bridgehead atoms. The summed E-state index contributed by atoms with van der Waals surface area (Å²) < 4.78 is 28.8. The van der Waals surface area contributed by atoms with Gasteiger partial charge < -0.3 is 29.4 Å². The van der Waals surface area contributed by atoms with E-state index in [4.69, 9.17) is 41.0 Å². The van der Waals surface area contributed by atoms with E-state index in [1.165, 1.54) is 0 Å². The Kier molecular flexibility index (Phi) is 9.58. The smallest absolute Gasteiger partial charge is 0.343 e. The fourth-order valence-electron chi connectivity index (χ4n) is 4.78. The first-order valence-corrected chi connectivity index (χ1v) is 14.5. The van der Waals surface area contributed by atoms with E-state index in [0.29, 0.717) is 52.4 Å². The van der Waals surface area contributed by atoms with E-state index in [-0.39, 0.29) is 17.2 Å². The zero-order valence-electron chi connectivity index (χ0n) is 24.3. The maximum Gasteiger partial charge on any atom is 0.343 e. The van der Waals surface area contributed by atoms with Gasteiger partial charge in [-0.1, -0.05) is 55.3 Å². The molecule has 1 atom stereocenters. The summed E-state index contributed by atoms with van der Waals surface area (Å²) in [6, 6.07) is 26.9. The minimum absolute atomic E-state index is 0.0348. The summed E-state index contributed by atoms with van der Waals surface area (Å²) in [5, 5.41) is 10.7. The molecule has 8 nitrogen and oxygen atoms in total. The van der Waals surface area contributed by atoms with Crippen LogP contribution in [0.2, 0.25) is 5.02 Å². The van der Waals surface area contributed by atoms with E-state index in [1.54, 1.807) is 67.8 Å². The van der Waals surface area contributed by atoms with Crippen molar-refractivity contribution in [3.63, 3.8) is 0 Å². The fourth-order valence-corrected chi connectivity index (χ4v) is 4.91. The Morgan fingerprint density at radius 1 is 0.977 bits per heavy atom. The molecule has 1 aliphatic heterocycles. The number of nitrogens with two attached hydrogens (primary N) is 1. The van der Waals surface area contributed by atoms with Crippen molar-refractivity contribution in [2.75, 3.05) is 13.7 Å². The molecule has 1 heterocycles. The highest BCUT2D eigenvalue weighted by Crippen LogP contribution is 2.45. The molecule has 224 valence electrons. The van der Waals surface area contributed by atoms with Gasteiger partial charge in [0.25, 0.3) is 0 Å². The van der Waals surface area contributed by atoms with Crippen LogP contribution in [0.1, 0.15) is 52.7 Å². The second-order valence-corrected chi connectivity index (χ2v) is 10.5. The van der Waals surface area contributed by atoms with Gasteiger partial charge in [-0.3, -0.25) is 0 Å². The number of nitrogens with zero attached hydrogens (tertiary/aromatic N) is 1. The SMILES string of the molecule is CCCCOc1cccc(C(=O)Oc2ccc3c(c2)OC(N)=C(C#N)C3c2ccc(OCc3ccc(Cl)cc3)c(OC)c2)c1. The lowest BCUT2D eigenvalue weighted by molar-refractivity contribution is 0.0734. The third kappa shape index (κ3) is 6.91. The van der Waals surface area contributed by atoms with Gasteiger partial charge in [-0.25, -0.2) is 4.79 Å².